The van der Waals surface area contributed by atoms with E-state index in [1.165, 1.54) is 37.0 Å². The molecule has 5 nitrogen and oxygen atoms in total. The molecular weight excluding hydrogens is 274 g/mol. The number of carboxylic acid groups (broad SMARTS) is 1. The highest BCUT2D eigenvalue weighted by Crippen LogP contribution is 2.19. The lowest BCUT2D eigenvalue weighted by Crippen LogP contribution is -2.20. The fourth-order valence-electron chi connectivity index (χ4n) is 1.86. The van der Waals surface area contributed by atoms with E-state index in [0.717, 1.165) is 24.0 Å². The number of carboxylic acids is 1. The summed E-state index contributed by atoms with van der Waals surface area (Å²) in [5.41, 5.74) is 5.92. The van der Waals surface area contributed by atoms with Crippen LogP contribution in [0.3, 0.4) is 0 Å². The van der Waals surface area contributed by atoms with E-state index in [4.69, 9.17) is 10.8 Å². The van der Waals surface area contributed by atoms with Gasteiger partial charge in [0.25, 0.3) is 0 Å². The first-order valence-corrected chi connectivity index (χ1v) is 8.06. The van der Waals surface area contributed by atoms with Crippen LogP contribution in [0.15, 0.2) is 5.38 Å². The van der Waals surface area contributed by atoms with Crippen LogP contribution in [0.5, 0.6) is 0 Å². The Hall–Kier alpha value is -1.14. The number of unbranched alkanes of at least 4 members (excludes halogenated alkanes) is 3. The minimum atomic E-state index is -1.05. The molecule has 0 aromatic carbocycles. The van der Waals surface area contributed by atoms with E-state index in [-0.39, 0.29) is 0 Å². The molecule has 114 valence electrons. The van der Waals surface area contributed by atoms with Gasteiger partial charge < -0.3 is 16.2 Å². The predicted molar refractivity (Wildman–Crippen MR) is 83.1 cm³/mol. The lowest BCUT2D eigenvalue weighted by atomic mass is 10.0. The highest BCUT2D eigenvalue weighted by Gasteiger charge is 2.17. The first kappa shape index (κ1) is 16.9. The summed E-state index contributed by atoms with van der Waals surface area (Å²) in [6.07, 6.45) is 6.19. The Balaban J connectivity index is 2.15. The van der Waals surface area contributed by atoms with Gasteiger partial charge in [-0.1, -0.05) is 39.5 Å². The summed E-state index contributed by atoms with van der Waals surface area (Å²) >= 11 is 1.40. The normalized spacial score (nSPS) is 12.6. The van der Waals surface area contributed by atoms with E-state index >= 15 is 0 Å². The molecule has 4 N–H and O–H groups in total. The number of hydrogen-bond acceptors (Lipinski definition) is 5. The number of thiazole rings is 1. The number of hydrogen-bond donors (Lipinski definition) is 3. The van der Waals surface area contributed by atoms with Crippen LogP contribution in [0.1, 0.15) is 57.7 Å². The summed E-state index contributed by atoms with van der Waals surface area (Å²) in [5.74, 6) is -0.257. The van der Waals surface area contributed by atoms with Gasteiger partial charge in [-0.2, -0.15) is 0 Å². The average molecular weight is 299 g/mol. The topological polar surface area (TPSA) is 88.2 Å². The van der Waals surface area contributed by atoms with Gasteiger partial charge in [0, 0.05) is 11.9 Å². The van der Waals surface area contributed by atoms with E-state index < -0.39 is 12.0 Å². The van der Waals surface area contributed by atoms with E-state index in [0.29, 0.717) is 5.69 Å². The Labute approximate surface area is 124 Å². The fraction of sp³-hybridized carbons (Fsp3) is 0.714. The van der Waals surface area contributed by atoms with Crippen molar-refractivity contribution < 1.29 is 9.90 Å². The summed E-state index contributed by atoms with van der Waals surface area (Å²) < 4.78 is 0. The van der Waals surface area contributed by atoms with E-state index in [1.807, 2.05) is 0 Å². The molecule has 1 aromatic rings. The third-order valence-corrected chi connectivity index (χ3v) is 3.91. The Morgan fingerprint density at radius 2 is 2.10 bits per heavy atom. The molecule has 0 saturated heterocycles. The van der Waals surface area contributed by atoms with Gasteiger partial charge in [-0.15, -0.1) is 11.3 Å². The van der Waals surface area contributed by atoms with Crippen molar-refractivity contribution in [2.24, 2.45) is 11.7 Å². The molecule has 6 heteroatoms. The van der Waals surface area contributed by atoms with Gasteiger partial charge in [-0.3, -0.25) is 4.79 Å². The third-order valence-electron chi connectivity index (χ3n) is 3.09. The smallest absolute Gasteiger partial charge is 0.326 e. The SMILES string of the molecule is CC(C)CCCCCCNc1nc(C(N)C(=O)O)cs1. The number of nitrogens with one attached hydrogen (secondary N) is 1. The number of rotatable bonds is 10. The highest BCUT2D eigenvalue weighted by molar-refractivity contribution is 7.13. The summed E-state index contributed by atoms with van der Waals surface area (Å²) in [6.45, 7) is 5.38. The molecule has 0 amide bonds. The second kappa shape index (κ2) is 8.92. The number of aliphatic carboxylic acids is 1. The molecule has 1 unspecified atom stereocenters. The van der Waals surface area contributed by atoms with Crippen LogP contribution in [0.4, 0.5) is 5.13 Å². The van der Waals surface area contributed by atoms with Gasteiger partial charge in [0.1, 0.15) is 6.04 Å². The van der Waals surface area contributed by atoms with Crippen LogP contribution in [0, 0.1) is 5.92 Å². The molecule has 1 rings (SSSR count). The number of nitrogens with two attached hydrogens (primary N) is 1. The second-order valence-corrected chi connectivity index (χ2v) is 6.28. The summed E-state index contributed by atoms with van der Waals surface area (Å²) in [5, 5.41) is 14.5. The average Bonchev–Trinajstić information content (AvgIpc) is 2.85. The van der Waals surface area contributed by atoms with Crippen LogP contribution in [0.2, 0.25) is 0 Å². The predicted octanol–water partition coefficient (Wildman–Crippen LogP) is 3.25. The zero-order chi connectivity index (χ0) is 15.0. The number of aromatic nitrogens is 1. The maximum absolute atomic E-state index is 10.7. The molecular formula is C14H25N3O2S. The van der Waals surface area contributed by atoms with E-state index in [2.05, 4.69) is 24.1 Å². The maximum Gasteiger partial charge on any atom is 0.326 e. The van der Waals surface area contributed by atoms with Gasteiger partial charge >= 0.3 is 5.97 Å². The molecule has 0 aliphatic heterocycles. The van der Waals surface area contributed by atoms with Gasteiger partial charge in [0.15, 0.2) is 5.13 Å². The van der Waals surface area contributed by atoms with Crippen molar-refractivity contribution >= 4 is 22.4 Å². The fourth-order valence-corrected chi connectivity index (χ4v) is 2.64. The Morgan fingerprint density at radius 1 is 1.40 bits per heavy atom. The van der Waals surface area contributed by atoms with Gasteiger partial charge in [0.05, 0.1) is 5.69 Å². The minimum absolute atomic E-state index is 0.418. The quantitative estimate of drug-likeness (QED) is 0.577. The molecule has 0 fully saturated rings. The van der Waals surface area contributed by atoms with Gasteiger partial charge in [-0.05, 0) is 12.3 Å². The maximum atomic E-state index is 10.7. The molecule has 0 saturated carbocycles. The number of carbonyl (C=O) groups is 1. The monoisotopic (exact) mass is 299 g/mol. The molecule has 0 aliphatic rings. The second-order valence-electron chi connectivity index (χ2n) is 5.42. The molecule has 1 atom stereocenters. The molecule has 0 aliphatic carbocycles. The Morgan fingerprint density at radius 3 is 2.75 bits per heavy atom. The van der Waals surface area contributed by atoms with Crippen molar-refractivity contribution in [3.8, 4) is 0 Å². The Bertz CT molecular complexity index is 407. The molecule has 0 spiro atoms. The number of anilines is 1. The largest absolute Gasteiger partial charge is 0.480 e. The first-order valence-electron chi connectivity index (χ1n) is 7.18. The van der Waals surface area contributed by atoms with Crippen molar-refractivity contribution in [2.45, 2.75) is 52.0 Å². The zero-order valence-corrected chi connectivity index (χ0v) is 13.1. The summed E-state index contributed by atoms with van der Waals surface area (Å²) in [6, 6.07) is -1.03. The van der Waals surface area contributed by atoms with Crippen LogP contribution in [-0.4, -0.2) is 22.6 Å². The van der Waals surface area contributed by atoms with Gasteiger partial charge in [-0.25, -0.2) is 4.98 Å². The Kier molecular flexibility index (Phi) is 7.54. The highest BCUT2D eigenvalue weighted by atomic mass is 32.1. The third kappa shape index (κ3) is 6.34. The lowest BCUT2D eigenvalue weighted by Gasteiger charge is -2.05. The van der Waals surface area contributed by atoms with E-state index in [1.54, 1.807) is 5.38 Å². The van der Waals surface area contributed by atoms with Gasteiger partial charge in [0.2, 0.25) is 0 Å². The van der Waals surface area contributed by atoms with Crippen LogP contribution < -0.4 is 11.1 Å². The number of nitrogens with zero attached hydrogens (tertiary/aromatic N) is 1. The molecule has 1 aromatic heterocycles. The van der Waals surface area contributed by atoms with Crippen LogP contribution >= 0.6 is 11.3 Å². The van der Waals surface area contributed by atoms with Crippen molar-refractivity contribution in [3.63, 3.8) is 0 Å². The van der Waals surface area contributed by atoms with Crippen LogP contribution in [0.25, 0.3) is 0 Å². The minimum Gasteiger partial charge on any atom is -0.480 e. The van der Waals surface area contributed by atoms with Crippen molar-refractivity contribution in [3.05, 3.63) is 11.1 Å². The zero-order valence-electron chi connectivity index (χ0n) is 12.3. The lowest BCUT2D eigenvalue weighted by molar-refractivity contribution is -0.138. The van der Waals surface area contributed by atoms with Crippen molar-refractivity contribution in [2.75, 3.05) is 11.9 Å². The molecule has 20 heavy (non-hydrogen) atoms. The summed E-state index contributed by atoms with van der Waals surface area (Å²) in [4.78, 5) is 14.9. The van der Waals surface area contributed by atoms with Crippen LogP contribution in [-0.2, 0) is 4.79 Å². The molecule has 0 radical (unpaired) electrons. The van der Waals surface area contributed by atoms with Crippen molar-refractivity contribution in [1.82, 2.24) is 4.98 Å². The molecule has 1 heterocycles. The summed E-state index contributed by atoms with van der Waals surface area (Å²) in [7, 11) is 0. The first-order chi connectivity index (χ1) is 9.50. The van der Waals surface area contributed by atoms with Crippen molar-refractivity contribution in [1.29, 1.82) is 0 Å². The van der Waals surface area contributed by atoms with E-state index in [9.17, 15) is 4.79 Å². The molecule has 0 bridgehead atoms. The standard InChI is InChI=1S/C14H25N3O2S/c1-10(2)7-5-3-4-6-8-16-14-17-11(9-20-14)12(15)13(18)19/h9-10,12H,3-8,15H2,1-2H3,(H,16,17)(H,18,19).